The first-order chi connectivity index (χ1) is 7.90. The first kappa shape index (κ1) is 11.7. The normalized spacial score (nSPS) is 17.9. The van der Waals surface area contributed by atoms with Crippen LogP contribution in [-0.4, -0.2) is 30.8 Å². The average Bonchev–Trinajstić information content (AvgIpc) is 2.83. The van der Waals surface area contributed by atoms with Crippen molar-refractivity contribution in [3.05, 3.63) is 41.3 Å². The highest BCUT2D eigenvalue weighted by molar-refractivity contribution is 8.01. The number of rotatable bonds is 4. The van der Waals surface area contributed by atoms with E-state index in [-0.39, 0.29) is 0 Å². The molecule has 0 aromatic heterocycles. The Labute approximate surface area is 103 Å². The number of likely N-dealkylation sites (tertiary alicyclic amines) is 1. The van der Waals surface area contributed by atoms with Crippen LogP contribution in [0.4, 0.5) is 0 Å². The largest absolute Gasteiger partial charge is 0.299 e. The molecule has 16 heavy (non-hydrogen) atoms. The molecule has 86 valence electrons. The summed E-state index contributed by atoms with van der Waals surface area (Å²) >= 11 is 1.80. The van der Waals surface area contributed by atoms with Crippen LogP contribution < -0.4 is 0 Å². The third-order valence-corrected chi connectivity index (χ3v) is 3.52. The molecule has 1 aliphatic rings. The quantitative estimate of drug-likeness (QED) is 0.783. The van der Waals surface area contributed by atoms with Crippen LogP contribution in [0, 0.1) is 0 Å². The van der Waals surface area contributed by atoms with Crippen LogP contribution in [-0.2, 0) is 0 Å². The van der Waals surface area contributed by atoms with Gasteiger partial charge in [-0.2, -0.15) is 0 Å². The number of nitrogens with zero attached hydrogens (tertiary/aromatic N) is 1. The summed E-state index contributed by atoms with van der Waals surface area (Å²) < 4.78 is 0. The molecule has 1 aromatic rings. The van der Waals surface area contributed by atoms with Crippen molar-refractivity contribution in [1.29, 1.82) is 0 Å². The van der Waals surface area contributed by atoms with Crippen molar-refractivity contribution < 1.29 is 0 Å². The molecule has 0 aliphatic carbocycles. The molecule has 2 heteroatoms. The number of benzene rings is 1. The lowest BCUT2D eigenvalue weighted by Gasteiger charge is -2.17. The molecule has 1 saturated heterocycles. The van der Waals surface area contributed by atoms with Gasteiger partial charge in [-0.05, 0) is 48.7 Å². The van der Waals surface area contributed by atoms with E-state index in [1.807, 2.05) is 0 Å². The number of thioether (sulfide) groups is 1. The van der Waals surface area contributed by atoms with Crippen molar-refractivity contribution >= 4 is 17.3 Å². The van der Waals surface area contributed by atoms with E-state index in [9.17, 15) is 0 Å². The molecule has 0 atom stereocenters. The van der Waals surface area contributed by atoms with Gasteiger partial charge in [-0.1, -0.05) is 30.3 Å². The van der Waals surface area contributed by atoms with Crippen molar-refractivity contribution in [2.45, 2.75) is 12.8 Å². The Morgan fingerprint density at radius 3 is 2.56 bits per heavy atom. The van der Waals surface area contributed by atoms with E-state index in [0.29, 0.717) is 0 Å². The summed E-state index contributed by atoms with van der Waals surface area (Å²) in [7, 11) is 0. The zero-order valence-electron chi connectivity index (χ0n) is 9.86. The monoisotopic (exact) mass is 233 g/mol. The summed E-state index contributed by atoms with van der Waals surface area (Å²) in [4.78, 5) is 2.55. The van der Waals surface area contributed by atoms with Gasteiger partial charge < -0.3 is 0 Å². The van der Waals surface area contributed by atoms with Gasteiger partial charge in [-0.3, -0.25) is 4.90 Å². The highest BCUT2D eigenvalue weighted by atomic mass is 32.2. The van der Waals surface area contributed by atoms with Crippen molar-refractivity contribution in [2.24, 2.45) is 0 Å². The minimum atomic E-state index is 1.10. The van der Waals surface area contributed by atoms with Gasteiger partial charge in [-0.15, -0.1) is 11.8 Å². The highest BCUT2D eigenvalue weighted by Crippen LogP contribution is 2.20. The summed E-state index contributed by atoms with van der Waals surface area (Å²) in [5, 5.41) is 2.29. The molecular formula is C14H19NS. The third kappa shape index (κ3) is 3.13. The first-order valence-electron chi connectivity index (χ1n) is 5.90. The fourth-order valence-electron chi connectivity index (χ4n) is 2.17. The second kappa shape index (κ2) is 6.12. The molecule has 0 radical (unpaired) electrons. The summed E-state index contributed by atoms with van der Waals surface area (Å²) in [6.07, 6.45) is 4.86. The molecular weight excluding hydrogens is 214 g/mol. The van der Waals surface area contributed by atoms with Crippen LogP contribution in [0.2, 0.25) is 0 Å². The molecule has 2 rings (SSSR count). The van der Waals surface area contributed by atoms with Gasteiger partial charge in [0.05, 0.1) is 0 Å². The Balaban J connectivity index is 2.08. The highest BCUT2D eigenvalue weighted by Gasteiger charge is 2.13. The SMILES string of the molecule is CS/C=C(/CN1CCCC1)c1ccccc1. The molecule has 0 amide bonds. The van der Waals surface area contributed by atoms with E-state index < -0.39 is 0 Å². The van der Waals surface area contributed by atoms with E-state index in [4.69, 9.17) is 0 Å². The molecule has 0 N–H and O–H groups in total. The summed E-state index contributed by atoms with van der Waals surface area (Å²) in [5.41, 5.74) is 2.82. The lowest BCUT2D eigenvalue weighted by atomic mass is 10.1. The van der Waals surface area contributed by atoms with Crippen LogP contribution in [0.25, 0.3) is 5.57 Å². The maximum atomic E-state index is 2.55. The van der Waals surface area contributed by atoms with Crippen molar-refractivity contribution in [1.82, 2.24) is 4.90 Å². The lowest BCUT2D eigenvalue weighted by Crippen LogP contribution is -2.21. The number of hydrogen-bond donors (Lipinski definition) is 0. The van der Waals surface area contributed by atoms with Gasteiger partial charge in [0, 0.05) is 6.54 Å². The topological polar surface area (TPSA) is 3.24 Å². The standard InChI is InChI=1S/C14H19NS/c1-16-12-14(11-15-9-5-6-10-15)13-7-3-2-4-8-13/h2-4,7-8,12H,5-6,9-11H2,1H3/b14-12-. The van der Waals surface area contributed by atoms with Crippen LogP contribution in [0.15, 0.2) is 35.7 Å². The molecule has 0 saturated carbocycles. The van der Waals surface area contributed by atoms with E-state index in [2.05, 4.69) is 46.9 Å². The van der Waals surface area contributed by atoms with E-state index in [0.717, 1.165) is 6.54 Å². The predicted molar refractivity (Wildman–Crippen MR) is 73.6 cm³/mol. The van der Waals surface area contributed by atoms with Gasteiger partial charge in [0.1, 0.15) is 0 Å². The second-order valence-electron chi connectivity index (χ2n) is 4.23. The van der Waals surface area contributed by atoms with Crippen LogP contribution >= 0.6 is 11.8 Å². The maximum Gasteiger partial charge on any atom is 0.0244 e. The van der Waals surface area contributed by atoms with E-state index >= 15 is 0 Å². The summed E-state index contributed by atoms with van der Waals surface area (Å²) in [6, 6.07) is 10.7. The number of hydrogen-bond acceptors (Lipinski definition) is 2. The Bertz CT molecular complexity index is 339. The molecule has 1 nitrogen and oxygen atoms in total. The molecule has 1 heterocycles. The maximum absolute atomic E-state index is 2.55. The Kier molecular flexibility index (Phi) is 4.49. The van der Waals surface area contributed by atoms with Gasteiger partial charge in [0.15, 0.2) is 0 Å². The molecule has 1 fully saturated rings. The van der Waals surface area contributed by atoms with Gasteiger partial charge in [-0.25, -0.2) is 0 Å². The lowest BCUT2D eigenvalue weighted by molar-refractivity contribution is 0.383. The van der Waals surface area contributed by atoms with Gasteiger partial charge >= 0.3 is 0 Å². The van der Waals surface area contributed by atoms with Gasteiger partial charge in [0.2, 0.25) is 0 Å². The first-order valence-corrected chi connectivity index (χ1v) is 7.18. The minimum absolute atomic E-state index is 1.10. The third-order valence-electron chi connectivity index (χ3n) is 3.00. The van der Waals surface area contributed by atoms with Crippen LogP contribution in [0.1, 0.15) is 18.4 Å². The molecule has 1 aliphatic heterocycles. The fraction of sp³-hybridized carbons (Fsp3) is 0.429. The second-order valence-corrected chi connectivity index (χ2v) is 4.94. The Morgan fingerprint density at radius 1 is 1.25 bits per heavy atom. The molecule has 0 bridgehead atoms. The smallest absolute Gasteiger partial charge is 0.0244 e. The van der Waals surface area contributed by atoms with Gasteiger partial charge in [0.25, 0.3) is 0 Å². The Hall–Kier alpha value is -0.730. The van der Waals surface area contributed by atoms with E-state index in [1.54, 1.807) is 11.8 Å². The zero-order valence-corrected chi connectivity index (χ0v) is 10.7. The molecule has 0 spiro atoms. The van der Waals surface area contributed by atoms with Crippen molar-refractivity contribution in [2.75, 3.05) is 25.9 Å². The van der Waals surface area contributed by atoms with Crippen molar-refractivity contribution in [3.63, 3.8) is 0 Å². The fourth-order valence-corrected chi connectivity index (χ4v) is 2.67. The predicted octanol–water partition coefficient (Wildman–Crippen LogP) is 3.49. The zero-order chi connectivity index (χ0) is 11.2. The van der Waals surface area contributed by atoms with Crippen molar-refractivity contribution in [3.8, 4) is 0 Å². The van der Waals surface area contributed by atoms with Crippen LogP contribution in [0.3, 0.4) is 0 Å². The Morgan fingerprint density at radius 2 is 1.94 bits per heavy atom. The average molecular weight is 233 g/mol. The van der Waals surface area contributed by atoms with Crippen LogP contribution in [0.5, 0.6) is 0 Å². The molecule has 0 unspecified atom stereocenters. The molecule has 1 aromatic carbocycles. The summed E-state index contributed by atoms with van der Waals surface area (Å²) in [5.74, 6) is 0. The minimum Gasteiger partial charge on any atom is -0.299 e. The summed E-state index contributed by atoms with van der Waals surface area (Å²) in [6.45, 7) is 3.63. The van der Waals surface area contributed by atoms with E-state index in [1.165, 1.54) is 37.1 Å².